The van der Waals surface area contributed by atoms with E-state index in [1.54, 1.807) is 17.7 Å². The number of hydrogen-bond donors (Lipinski definition) is 1. The topological polar surface area (TPSA) is 75.9 Å². The third-order valence-corrected chi connectivity index (χ3v) is 6.02. The maximum Gasteiger partial charge on any atom is 0.247 e. The fraction of sp³-hybridized carbons (Fsp3) is 0.579. The van der Waals surface area contributed by atoms with E-state index in [4.69, 9.17) is 0 Å². The van der Waals surface area contributed by atoms with Gasteiger partial charge in [-0.3, -0.25) is 4.79 Å². The molecular weight excluding hydrogens is 347 g/mol. The smallest absolute Gasteiger partial charge is 0.247 e. The summed E-state index contributed by atoms with van der Waals surface area (Å²) in [5, 5.41) is 15.1. The van der Waals surface area contributed by atoms with Crippen LogP contribution in [0.4, 0.5) is 4.39 Å². The van der Waals surface area contributed by atoms with Crippen molar-refractivity contribution < 1.29 is 9.18 Å². The number of nitrogens with one attached hydrogen (secondary N) is 1. The molecule has 3 heterocycles. The molecule has 7 nitrogen and oxygen atoms in total. The lowest BCUT2D eigenvalue weighted by Gasteiger charge is -2.40. The fourth-order valence-electron chi connectivity index (χ4n) is 4.33. The third kappa shape index (κ3) is 3.71. The minimum absolute atomic E-state index is 0.00969. The van der Waals surface area contributed by atoms with Gasteiger partial charge in [0.25, 0.3) is 0 Å². The van der Waals surface area contributed by atoms with Gasteiger partial charge < -0.3 is 10.2 Å². The predicted octanol–water partition coefficient (Wildman–Crippen LogP) is 1.51. The molecule has 1 amide bonds. The Bertz CT molecular complexity index is 806. The molecule has 0 saturated carbocycles. The Morgan fingerprint density at radius 1 is 1.33 bits per heavy atom. The quantitative estimate of drug-likeness (QED) is 0.880. The fourth-order valence-corrected chi connectivity index (χ4v) is 4.33. The second-order valence-electron chi connectivity index (χ2n) is 7.77. The van der Waals surface area contributed by atoms with Crippen LogP contribution in [0.1, 0.15) is 36.7 Å². The highest BCUT2D eigenvalue weighted by Crippen LogP contribution is 2.37. The Morgan fingerprint density at radius 3 is 2.78 bits per heavy atom. The summed E-state index contributed by atoms with van der Waals surface area (Å²) in [6.07, 6.45) is 3.60. The molecule has 1 aromatic heterocycles. The summed E-state index contributed by atoms with van der Waals surface area (Å²) in [5.41, 5.74) is 1.11. The molecule has 2 fully saturated rings. The van der Waals surface area contributed by atoms with Crippen molar-refractivity contribution in [3.63, 3.8) is 0 Å². The molecule has 2 aliphatic heterocycles. The van der Waals surface area contributed by atoms with Crippen LogP contribution in [0.2, 0.25) is 0 Å². The first-order valence-electron chi connectivity index (χ1n) is 9.55. The van der Waals surface area contributed by atoms with Crippen molar-refractivity contribution in [2.75, 3.05) is 26.2 Å². The number of piperidine rings is 1. The van der Waals surface area contributed by atoms with Crippen molar-refractivity contribution in [2.45, 2.75) is 38.6 Å². The number of likely N-dealkylation sites (tertiary alicyclic amines) is 1. The van der Waals surface area contributed by atoms with Crippen molar-refractivity contribution in [3.05, 3.63) is 41.5 Å². The molecule has 1 unspecified atom stereocenters. The molecule has 2 saturated heterocycles. The summed E-state index contributed by atoms with van der Waals surface area (Å²) in [7, 11) is 0. The van der Waals surface area contributed by atoms with Gasteiger partial charge in [-0.2, -0.15) is 0 Å². The van der Waals surface area contributed by atoms with Gasteiger partial charge in [0, 0.05) is 26.1 Å². The zero-order chi connectivity index (χ0) is 18.9. The van der Waals surface area contributed by atoms with E-state index < -0.39 is 6.04 Å². The zero-order valence-electron chi connectivity index (χ0n) is 15.6. The Kier molecular flexibility index (Phi) is 4.90. The van der Waals surface area contributed by atoms with Crippen molar-refractivity contribution in [1.82, 2.24) is 30.4 Å². The number of halogens is 1. The molecule has 1 N–H and O–H groups in total. The van der Waals surface area contributed by atoms with Crippen LogP contribution in [0, 0.1) is 18.2 Å². The number of rotatable bonds is 4. The molecule has 1 aromatic carbocycles. The average Bonchev–Trinajstić information content (AvgIpc) is 3.29. The Morgan fingerprint density at radius 2 is 2.15 bits per heavy atom. The number of aromatic nitrogens is 4. The normalized spacial score (nSPS) is 20.1. The number of hydrogen-bond acceptors (Lipinski definition) is 5. The van der Waals surface area contributed by atoms with Gasteiger partial charge in [0.2, 0.25) is 5.91 Å². The van der Waals surface area contributed by atoms with E-state index in [9.17, 15) is 9.18 Å². The van der Waals surface area contributed by atoms with E-state index in [0.717, 1.165) is 44.6 Å². The van der Waals surface area contributed by atoms with Gasteiger partial charge in [-0.05, 0) is 66.3 Å². The van der Waals surface area contributed by atoms with Gasteiger partial charge in [0.05, 0.1) is 0 Å². The largest absolute Gasteiger partial charge is 0.341 e. The number of amides is 1. The van der Waals surface area contributed by atoms with Crippen molar-refractivity contribution >= 4 is 5.91 Å². The average molecular weight is 372 g/mol. The van der Waals surface area contributed by atoms with E-state index in [1.807, 2.05) is 11.0 Å². The standard InChI is InChI=1S/C19H25FN6O/c1-14-22-23-24-26(14)17(12-15-3-2-4-16(20)11-15)18(27)25-9-6-19(7-10-25)5-8-21-13-19/h2-4,11,17,21H,5-10,12-13H2,1H3. The van der Waals surface area contributed by atoms with Gasteiger partial charge in [0.1, 0.15) is 17.7 Å². The molecule has 0 aliphatic carbocycles. The van der Waals surface area contributed by atoms with E-state index in [1.165, 1.54) is 18.6 Å². The van der Waals surface area contributed by atoms with Gasteiger partial charge in [-0.25, -0.2) is 9.07 Å². The molecule has 144 valence electrons. The molecule has 0 bridgehead atoms. The van der Waals surface area contributed by atoms with Gasteiger partial charge in [0.15, 0.2) is 0 Å². The minimum atomic E-state index is -0.558. The second kappa shape index (κ2) is 7.34. The molecule has 2 aromatic rings. The number of aryl methyl sites for hydroxylation is 1. The predicted molar refractivity (Wildman–Crippen MR) is 97.4 cm³/mol. The van der Waals surface area contributed by atoms with Crippen LogP contribution in [-0.4, -0.2) is 57.2 Å². The van der Waals surface area contributed by atoms with Crippen molar-refractivity contribution in [2.24, 2.45) is 5.41 Å². The maximum absolute atomic E-state index is 13.6. The lowest BCUT2D eigenvalue weighted by molar-refractivity contribution is -0.137. The van der Waals surface area contributed by atoms with E-state index in [2.05, 4.69) is 20.8 Å². The highest BCUT2D eigenvalue weighted by molar-refractivity contribution is 5.81. The number of nitrogens with zero attached hydrogens (tertiary/aromatic N) is 5. The van der Waals surface area contributed by atoms with Gasteiger partial charge in [-0.1, -0.05) is 12.1 Å². The molecule has 4 rings (SSSR count). The molecular formula is C19H25FN6O. The number of carbonyl (C=O) groups excluding carboxylic acids is 1. The van der Waals surface area contributed by atoms with Crippen LogP contribution >= 0.6 is 0 Å². The van der Waals surface area contributed by atoms with Gasteiger partial charge >= 0.3 is 0 Å². The summed E-state index contributed by atoms with van der Waals surface area (Å²) in [4.78, 5) is 15.3. The number of tetrazole rings is 1. The summed E-state index contributed by atoms with van der Waals surface area (Å²) in [6.45, 7) is 5.40. The number of carbonyl (C=O) groups is 1. The zero-order valence-corrected chi connectivity index (χ0v) is 15.6. The van der Waals surface area contributed by atoms with Crippen LogP contribution < -0.4 is 5.32 Å². The molecule has 27 heavy (non-hydrogen) atoms. The highest BCUT2D eigenvalue weighted by atomic mass is 19.1. The Hall–Kier alpha value is -2.35. The molecule has 8 heteroatoms. The second-order valence-corrected chi connectivity index (χ2v) is 7.77. The first-order valence-corrected chi connectivity index (χ1v) is 9.55. The van der Waals surface area contributed by atoms with E-state index in [-0.39, 0.29) is 11.7 Å². The van der Waals surface area contributed by atoms with Crippen LogP contribution in [0.25, 0.3) is 0 Å². The number of benzene rings is 1. The summed E-state index contributed by atoms with van der Waals surface area (Å²) >= 11 is 0. The van der Waals surface area contributed by atoms with E-state index >= 15 is 0 Å². The molecule has 0 radical (unpaired) electrons. The van der Waals surface area contributed by atoms with Gasteiger partial charge in [-0.15, -0.1) is 5.10 Å². The highest BCUT2D eigenvalue weighted by Gasteiger charge is 2.39. The lowest BCUT2D eigenvalue weighted by atomic mass is 9.77. The molecule has 2 aliphatic rings. The minimum Gasteiger partial charge on any atom is -0.341 e. The molecule has 1 spiro atoms. The van der Waals surface area contributed by atoms with Crippen LogP contribution in [0.15, 0.2) is 24.3 Å². The van der Waals surface area contributed by atoms with Crippen LogP contribution in [0.3, 0.4) is 0 Å². The lowest BCUT2D eigenvalue weighted by Crippen LogP contribution is -2.47. The Labute approximate surface area is 157 Å². The Balaban J connectivity index is 1.53. The summed E-state index contributed by atoms with van der Waals surface area (Å²) in [6, 6.07) is 5.81. The third-order valence-electron chi connectivity index (χ3n) is 6.02. The SMILES string of the molecule is Cc1nnnn1C(Cc1cccc(F)c1)C(=O)N1CCC2(CCNC2)CC1. The van der Waals surface area contributed by atoms with Crippen LogP contribution in [0.5, 0.6) is 0 Å². The monoisotopic (exact) mass is 372 g/mol. The van der Waals surface area contributed by atoms with Crippen molar-refractivity contribution in [3.8, 4) is 0 Å². The summed E-state index contributed by atoms with van der Waals surface area (Å²) in [5.74, 6) is 0.287. The first-order chi connectivity index (χ1) is 13.1. The summed E-state index contributed by atoms with van der Waals surface area (Å²) < 4.78 is 15.2. The molecule has 1 atom stereocenters. The maximum atomic E-state index is 13.6. The van der Waals surface area contributed by atoms with Crippen molar-refractivity contribution in [1.29, 1.82) is 0 Å². The van der Waals surface area contributed by atoms with Crippen LogP contribution in [-0.2, 0) is 11.2 Å². The first kappa shape index (κ1) is 18.0. The van der Waals surface area contributed by atoms with E-state index in [0.29, 0.717) is 17.7 Å².